The molecule has 2 unspecified atom stereocenters. The highest BCUT2D eigenvalue weighted by atomic mass is 32.1. The second kappa shape index (κ2) is 22.2. The van der Waals surface area contributed by atoms with Crippen molar-refractivity contribution < 1.29 is 71.1 Å². The molecule has 0 radical (unpaired) electrons. The number of aromatic nitrogens is 4. The van der Waals surface area contributed by atoms with Crippen LogP contribution in [0.4, 0.5) is 16.3 Å². The van der Waals surface area contributed by atoms with Crippen LogP contribution < -0.4 is 36.1 Å². The lowest BCUT2D eigenvalue weighted by Gasteiger charge is -2.22. The molecule has 0 spiro atoms. The van der Waals surface area contributed by atoms with Crippen LogP contribution in [0.3, 0.4) is 0 Å². The van der Waals surface area contributed by atoms with E-state index in [1.807, 2.05) is 55.9 Å². The summed E-state index contributed by atoms with van der Waals surface area (Å²) < 4.78 is 60.0. The molecule has 4 heterocycles. The van der Waals surface area contributed by atoms with E-state index < -0.39 is 60.6 Å². The van der Waals surface area contributed by atoms with Gasteiger partial charge in [-0.3, -0.25) is 18.7 Å². The first kappa shape index (κ1) is 54.0. The number of nitrogens with zero attached hydrogens (tertiary/aromatic N) is 7. The third-order valence-corrected chi connectivity index (χ3v) is 16.6. The molecule has 10 N–H and O–H groups in total. The van der Waals surface area contributed by atoms with Gasteiger partial charge in [-0.2, -0.15) is 4.31 Å². The lowest BCUT2D eigenvalue weighted by molar-refractivity contribution is -0.121. The zero-order valence-electron chi connectivity index (χ0n) is 39.3. The van der Waals surface area contributed by atoms with Crippen molar-refractivity contribution in [1.29, 1.82) is 0 Å². The van der Waals surface area contributed by atoms with Gasteiger partial charge in [-0.1, -0.05) is 24.3 Å². The van der Waals surface area contributed by atoms with E-state index in [-0.39, 0.29) is 54.9 Å². The number of nitrogens with two attached hydrogens (primary N) is 1. The second-order valence-electron chi connectivity index (χ2n) is 16.8. The summed E-state index contributed by atoms with van der Waals surface area (Å²) >= 11 is 1.69. The topological polar surface area (TPSA) is 356 Å². The van der Waals surface area contributed by atoms with E-state index in [4.69, 9.17) is 29.5 Å². The maximum absolute atomic E-state index is 14.2. The Balaban J connectivity index is 0.946. The first-order valence-electron chi connectivity index (χ1n) is 21.8. The standard InChI is InChI=1S/C42H52N11O15P3S/c1-50(2)24-12-14-28-31(19-24)72-32-20-25(51(3)4)13-15-29(32)34(28)26-9-6-7-10-27(26)40(56)52(5)18-8-11-33(54)44-16-17-45-42(57)67-37-30(21-65-71(63,64)68-70(61,62)49-69(58,59)60)66-41(36(37)55)53-23-48-35-38(43)46-22-47-39(35)53/h6-7,9-10,12-15,19-20,22-23,30,36-37,41,55H,8,11,16-18,21H2,1-5H3,(H8-,43,44,45,46,47,49,54,57,58,59,60,61,62,63,64)/p+1/t30-,36-,37-,41-/m1/s1. The number of carbonyl (C=O) groups excluding carboxylic acids is 3. The number of benzene rings is 3. The summed E-state index contributed by atoms with van der Waals surface area (Å²) in [5, 5.41) is 18.5. The number of imidazole rings is 1. The third-order valence-electron chi connectivity index (χ3n) is 11.2. The van der Waals surface area contributed by atoms with Crippen molar-refractivity contribution in [3.8, 4) is 21.6 Å². The predicted molar refractivity (Wildman–Crippen MR) is 264 cm³/mol. The zero-order chi connectivity index (χ0) is 52.3. The Kier molecular flexibility index (Phi) is 16.6. The first-order chi connectivity index (χ1) is 33.9. The van der Waals surface area contributed by atoms with Crippen molar-refractivity contribution in [2.24, 2.45) is 0 Å². The number of amides is 3. The summed E-state index contributed by atoms with van der Waals surface area (Å²) in [6, 6.07) is 20.1. The van der Waals surface area contributed by atoms with Crippen LogP contribution in [0.25, 0.3) is 42.8 Å². The number of rotatable bonds is 19. The Morgan fingerprint density at radius 3 is 2.40 bits per heavy atom. The lowest BCUT2D eigenvalue weighted by Crippen LogP contribution is -2.42. The van der Waals surface area contributed by atoms with Crippen molar-refractivity contribution in [2.45, 2.75) is 37.4 Å². The van der Waals surface area contributed by atoms with E-state index in [0.717, 1.165) is 53.9 Å². The number of phosphoric ester groups is 1. The molecule has 30 heteroatoms. The van der Waals surface area contributed by atoms with Gasteiger partial charge in [-0.25, -0.2) is 38.0 Å². The van der Waals surface area contributed by atoms with E-state index in [9.17, 15) is 43.0 Å². The Morgan fingerprint density at radius 1 is 0.944 bits per heavy atom. The van der Waals surface area contributed by atoms with E-state index in [1.165, 1.54) is 10.9 Å². The quantitative estimate of drug-likeness (QED) is 0.0243. The first-order valence-corrected chi connectivity index (χ1v) is 27.3. The number of aliphatic hydroxyl groups excluding tert-OH is 1. The average Bonchev–Trinajstić information content (AvgIpc) is 3.87. The molecular weight excluding hydrogens is 1020 g/mol. The highest BCUT2D eigenvalue weighted by Gasteiger charge is 2.49. The minimum absolute atomic E-state index is 0.0225. The summed E-state index contributed by atoms with van der Waals surface area (Å²) in [5.41, 5.74) is 10.3. The number of fused-ring (bicyclic) bond motifs is 3. The van der Waals surface area contributed by atoms with Gasteiger partial charge in [0.05, 0.1) is 12.9 Å². The van der Waals surface area contributed by atoms with Crippen LogP contribution in [-0.4, -0.2) is 147 Å². The van der Waals surface area contributed by atoms with Crippen LogP contribution in [-0.2, 0) is 36.8 Å². The van der Waals surface area contributed by atoms with E-state index >= 15 is 0 Å². The molecule has 26 nitrogen and oxygen atoms in total. The van der Waals surface area contributed by atoms with Gasteiger partial charge in [0, 0.05) is 91.1 Å². The van der Waals surface area contributed by atoms with Crippen LogP contribution in [0.15, 0.2) is 73.3 Å². The fourth-order valence-corrected chi connectivity index (χ4v) is 12.4. The molecule has 0 bridgehead atoms. The fraction of sp³-hybridized carbons (Fsp3) is 0.357. The highest BCUT2D eigenvalue weighted by Crippen LogP contribution is 2.61. The second-order valence-corrected chi connectivity index (χ2v) is 22.7. The van der Waals surface area contributed by atoms with E-state index in [2.05, 4.69) is 66.3 Å². The summed E-state index contributed by atoms with van der Waals surface area (Å²) in [7, 11) is -7.05. The van der Waals surface area contributed by atoms with Crippen LogP contribution in [0.1, 0.15) is 29.4 Å². The molecule has 4 aromatic rings. The van der Waals surface area contributed by atoms with Crippen molar-refractivity contribution >= 4 is 85.3 Å². The van der Waals surface area contributed by atoms with Gasteiger partial charge in [-0.05, 0) is 41.8 Å². The number of carbonyl (C=O) groups is 3. The largest absolute Gasteiger partial charge is 0.480 e. The molecule has 1 saturated heterocycles. The van der Waals surface area contributed by atoms with Gasteiger partial charge in [0.2, 0.25) is 11.3 Å². The molecule has 1 fully saturated rings. The Morgan fingerprint density at radius 2 is 1.68 bits per heavy atom. The van der Waals surface area contributed by atoms with E-state index in [1.54, 1.807) is 29.4 Å². The summed E-state index contributed by atoms with van der Waals surface area (Å²) in [6.07, 6.45) is -5.06. The molecule has 2 aromatic heterocycles. The van der Waals surface area contributed by atoms with Crippen molar-refractivity contribution in [3.63, 3.8) is 0 Å². The molecule has 386 valence electrons. The minimum Gasteiger partial charge on any atom is -0.440 e. The molecule has 2 aromatic carbocycles. The summed E-state index contributed by atoms with van der Waals surface area (Å²) in [5.74, 6) is -0.622. The van der Waals surface area contributed by atoms with Crippen LogP contribution in [0.2, 0.25) is 0 Å². The number of hydrogen-bond acceptors (Lipinski definition) is 17. The molecule has 3 aliphatic rings. The Bertz CT molecular complexity index is 3200. The minimum atomic E-state index is -5.63. The number of anilines is 2. The number of alkyl carbamates (subject to hydrolysis) is 1. The predicted octanol–water partition coefficient (Wildman–Crippen LogP) is 2.43. The van der Waals surface area contributed by atoms with Crippen molar-refractivity contribution in [2.75, 3.05) is 72.1 Å². The van der Waals surface area contributed by atoms with Crippen molar-refractivity contribution in [1.82, 2.24) is 44.5 Å². The monoisotopic (exact) mass is 1080 g/mol. The van der Waals surface area contributed by atoms with Gasteiger partial charge in [0.25, 0.3) is 5.91 Å². The maximum Gasteiger partial charge on any atom is 0.480 e. The lowest BCUT2D eigenvalue weighted by atomic mass is 9.91. The number of hydrogen-bond donors (Lipinski definition) is 9. The van der Waals surface area contributed by atoms with Crippen LogP contribution in [0.5, 0.6) is 0 Å². The normalized spacial score (nSPS) is 18.6. The molecule has 6 atom stereocenters. The van der Waals surface area contributed by atoms with Gasteiger partial charge in [0.15, 0.2) is 23.8 Å². The summed E-state index contributed by atoms with van der Waals surface area (Å²) in [6.45, 7) is -1.07. The van der Waals surface area contributed by atoms with Gasteiger partial charge >= 0.3 is 29.4 Å². The smallest absolute Gasteiger partial charge is 0.440 e. The maximum atomic E-state index is 14.2. The van der Waals surface area contributed by atoms with E-state index in [0.29, 0.717) is 12.0 Å². The molecule has 72 heavy (non-hydrogen) atoms. The number of nitrogens with one attached hydrogen (secondary N) is 3. The van der Waals surface area contributed by atoms with Gasteiger partial charge < -0.3 is 60.3 Å². The van der Waals surface area contributed by atoms with Crippen LogP contribution >= 0.6 is 34.7 Å². The Hall–Kier alpha value is -5.76. The SMILES string of the molecule is CN(CCCC(=O)NCCNC(=O)O[C@H]1[C@@H](O)[C@H](n2cnc3c(N)ncnc32)O[C@@H]1COP(=O)(O)OP(=O)(O)NP(=O)(O)O)C(=O)c1ccccc1-c1c2ccc(=[N+](C)C)cc-2sc2cc(N(C)C)ccc12. The number of aliphatic hydroxyl groups is 1. The molecular formula is C42H53N11O15P3S+. The van der Waals surface area contributed by atoms with Gasteiger partial charge in [0.1, 0.15) is 38.1 Å². The average molecular weight is 1080 g/mol. The summed E-state index contributed by atoms with van der Waals surface area (Å²) in [4.78, 5) is 95.3. The molecule has 7 rings (SSSR count). The highest BCUT2D eigenvalue weighted by molar-refractivity contribution is 7.70. The van der Waals surface area contributed by atoms with Gasteiger partial charge in [-0.15, -0.1) is 16.2 Å². The fourth-order valence-electron chi connectivity index (χ4n) is 7.81. The number of nitrogen functional groups attached to an aromatic ring is 1. The van der Waals surface area contributed by atoms with Crippen LogP contribution in [0, 0.1) is 0 Å². The molecule has 1 aliphatic carbocycles. The zero-order valence-corrected chi connectivity index (χ0v) is 42.8. The molecule has 0 saturated carbocycles. The number of phosphoric acid groups is 1. The van der Waals surface area contributed by atoms with Crippen molar-refractivity contribution in [3.05, 3.63) is 84.2 Å². The third kappa shape index (κ3) is 12.9. The molecule has 3 amide bonds. The Labute approximate surface area is 414 Å². The molecule has 2 aliphatic heterocycles. The number of ether oxygens (including phenoxy) is 2.